The summed E-state index contributed by atoms with van der Waals surface area (Å²) in [5, 5.41) is 11.6. The molecule has 3 heterocycles. The summed E-state index contributed by atoms with van der Waals surface area (Å²) >= 11 is 2.77. The molecule has 1 saturated heterocycles. The van der Waals surface area contributed by atoms with E-state index in [4.69, 9.17) is 0 Å². The highest BCUT2D eigenvalue weighted by molar-refractivity contribution is 8.00. The van der Waals surface area contributed by atoms with Crippen LogP contribution in [0.2, 0.25) is 0 Å². The van der Waals surface area contributed by atoms with Crippen molar-refractivity contribution in [3.8, 4) is 5.75 Å². The van der Waals surface area contributed by atoms with Gasteiger partial charge in [0.05, 0.1) is 22.5 Å². The molecule has 1 aromatic heterocycles. The normalized spacial score (nSPS) is 33.2. The van der Waals surface area contributed by atoms with Crippen molar-refractivity contribution in [1.82, 2.24) is 4.98 Å². The fraction of sp³-hybridized carbons (Fsp3) is 0.320. The van der Waals surface area contributed by atoms with E-state index in [0.717, 1.165) is 33.2 Å². The third-order valence-electron chi connectivity index (χ3n) is 8.08. The molecule has 3 aromatic rings. The van der Waals surface area contributed by atoms with Crippen LogP contribution in [0.15, 0.2) is 58.4 Å². The largest absolute Gasteiger partial charge is 0.508 e. The molecule has 2 amide bonds. The van der Waals surface area contributed by atoms with E-state index in [9.17, 15) is 23.9 Å². The highest BCUT2D eigenvalue weighted by atomic mass is 32.2. The van der Waals surface area contributed by atoms with Gasteiger partial charge in [0.1, 0.15) is 11.6 Å². The van der Waals surface area contributed by atoms with E-state index >= 15 is 0 Å². The molecule has 2 bridgehead atoms. The molecule has 0 radical (unpaired) electrons. The van der Waals surface area contributed by atoms with E-state index in [1.54, 1.807) is 23.9 Å². The Balaban J connectivity index is 1.34. The molecule has 2 aromatic carbocycles. The number of amides is 2. The minimum Gasteiger partial charge on any atom is -0.508 e. The van der Waals surface area contributed by atoms with Crippen LogP contribution in [0.25, 0.3) is 0 Å². The number of halogens is 1. The van der Waals surface area contributed by atoms with Gasteiger partial charge in [-0.25, -0.2) is 4.39 Å². The summed E-state index contributed by atoms with van der Waals surface area (Å²) in [6.07, 6.45) is 0.773. The number of nitrogens with one attached hydrogen (secondary N) is 1. The molecule has 2 aliphatic heterocycles. The molecule has 9 heteroatoms. The lowest BCUT2D eigenvalue weighted by molar-refractivity contribution is -0.123. The van der Waals surface area contributed by atoms with E-state index in [0.29, 0.717) is 5.69 Å². The smallest absolute Gasteiger partial charge is 0.305 e. The van der Waals surface area contributed by atoms with Crippen molar-refractivity contribution < 1.29 is 19.1 Å². The number of aromatic hydroxyl groups is 1. The Kier molecular flexibility index (Phi) is 4.24. The number of thiazole rings is 1. The molecular formula is C25H19FN2O4S2. The zero-order valence-corrected chi connectivity index (χ0v) is 19.3. The predicted octanol–water partition coefficient (Wildman–Crippen LogP) is 3.96. The van der Waals surface area contributed by atoms with Gasteiger partial charge in [-0.15, -0.1) is 11.8 Å². The van der Waals surface area contributed by atoms with Crippen LogP contribution in [-0.2, 0) is 9.59 Å². The second-order valence-electron chi connectivity index (χ2n) is 9.51. The lowest BCUT2D eigenvalue weighted by Crippen LogP contribution is -2.42. The number of benzene rings is 2. The standard InChI is InChI=1S/C25H19FN2O4S2/c26-10-5-7-11(8-6-10)28-23(30)18-13-9-14(19(18)24(28)31)20-17(13)16(12-3-1-2-4-15(12)29)21-22(33-20)27-25(32)34-21/h1-8,13-14,16-20,29H,9H2,(H,27,32)/t13-,14-,16-,17+,18+,19-,20+/m1/s1. The summed E-state index contributed by atoms with van der Waals surface area (Å²) in [6, 6.07) is 12.6. The fourth-order valence-corrected chi connectivity index (χ4v) is 9.84. The number of H-pyrrole nitrogens is 1. The number of hydrogen-bond acceptors (Lipinski definition) is 6. The van der Waals surface area contributed by atoms with E-state index in [1.165, 1.54) is 29.2 Å². The van der Waals surface area contributed by atoms with Gasteiger partial charge in [0, 0.05) is 21.6 Å². The molecular weight excluding hydrogens is 475 g/mol. The summed E-state index contributed by atoms with van der Waals surface area (Å²) in [5.74, 6) is -1.76. The number of imide groups is 1. The SMILES string of the molecule is O=C1[C@@H]2[C@H]3C[C@@H]([C@@H]2C(=O)N1c1ccc(F)cc1)[C@H]1[C@@H](c2ccccc2O)c2sc(=O)[nH]c2S[C@@H]31. The molecule has 0 unspecified atom stereocenters. The molecule has 4 aliphatic rings. The van der Waals surface area contributed by atoms with E-state index < -0.39 is 17.7 Å². The molecule has 34 heavy (non-hydrogen) atoms. The van der Waals surface area contributed by atoms with Gasteiger partial charge in [-0.3, -0.25) is 19.3 Å². The second kappa shape index (κ2) is 7.05. The molecule has 3 fully saturated rings. The Labute approximate surface area is 201 Å². The summed E-state index contributed by atoms with van der Waals surface area (Å²) < 4.78 is 13.5. The van der Waals surface area contributed by atoms with Crippen LogP contribution in [0, 0.1) is 35.4 Å². The van der Waals surface area contributed by atoms with Crippen molar-refractivity contribution in [2.75, 3.05) is 4.90 Å². The van der Waals surface area contributed by atoms with Crippen molar-refractivity contribution in [2.24, 2.45) is 29.6 Å². The number of rotatable bonds is 2. The Hall–Kier alpha value is -2.91. The summed E-state index contributed by atoms with van der Waals surface area (Å²) in [4.78, 5) is 44.4. The van der Waals surface area contributed by atoms with Gasteiger partial charge in [-0.05, 0) is 54.5 Å². The number of fused-ring (bicyclic) bond motifs is 9. The van der Waals surface area contributed by atoms with Crippen molar-refractivity contribution in [2.45, 2.75) is 22.6 Å². The third kappa shape index (κ3) is 2.59. The van der Waals surface area contributed by atoms with Gasteiger partial charge in [-0.1, -0.05) is 29.5 Å². The number of thioether (sulfide) groups is 1. The quantitative estimate of drug-likeness (QED) is 0.527. The molecule has 7 rings (SSSR count). The molecule has 2 saturated carbocycles. The molecule has 2 N–H and O–H groups in total. The average Bonchev–Trinajstić information content (AvgIpc) is 3.54. The first-order valence-corrected chi connectivity index (χ1v) is 12.9. The van der Waals surface area contributed by atoms with Crippen LogP contribution in [-0.4, -0.2) is 27.2 Å². The van der Waals surface area contributed by atoms with Crippen molar-refractivity contribution in [3.05, 3.63) is 74.5 Å². The monoisotopic (exact) mass is 494 g/mol. The van der Waals surface area contributed by atoms with Gasteiger partial charge >= 0.3 is 4.87 Å². The Morgan fingerprint density at radius 2 is 1.68 bits per heavy atom. The van der Waals surface area contributed by atoms with E-state index in [1.807, 2.05) is 12.1 Å². The maximum Gasteiger partial charge on any atom is 0.305 e. The van der Waals surface area contributed by atoms with Crippen LogP contribution >= 0.6 is 23.1 Å². The molecule has 172 valence electrons. The van der Waals surface area contributed by atoms with Gasteiger partial charge in [0.25, 0.3) is 0 Å². The summed E-state index contributed by atoms with van der Waals surface area (Å²) in [5.41, 5.74) is 1.16. The maximum atomic E-state index is 13.6. The minimum atomic E-state index is -0.435. The predicted molar refractivity (Wildman–Crippen MR) is 125 cm³/mol. The first-order chi connectivity index (χ1) is 16.4. The summed E-state index contributed by atoms with van der Waals surface area (Å²) in [7, 11) is 0. The van der Waals surface area contributed by atoms with Gasteiger partial charge < -0.3 is 10.1 Å². The van der Waals surface area contributed by atoms with Crippen LogP contribution in [0.3, 0.4) is 0 Å². The highest BCUT2D eigenvalue weighted by Gasteiger charge is 2.69. The molecule has 6 nitrogen and oxygen atoms in total. The van der Waals surface area contributed by atoms with Gasteiger partial charge in [0.2, 0.25) is 11.8 Å². The zero-order chi connectivity index (χ0) is 23.3. The zero-order valence-electron chi connectivity index (χ0n) is 17.7. The number of phenols is 1. The average molecular weight is 495 g/mol. The van der Waals surface area contributed by atoms with Gasteiger partial charge in [-0.2, -0.15) is 0 Å². The number of carbonyl (C=O) groups excluding carboxylic acids is 2. The fourth-order valence-electron chi connectivity index (χ4n) is 6.96. The number of anilines is 1. The number of nitrogens with zero attached hydrogens (tertiary/aromatic N) is 1. The van der Waals surface area contributed by atoms with Crippen LogP contribution in [0.5, 0.6) is 5.75 Å². The van der Waals surface area contributed by atoms with E-state index in [2.05, 4.69) is 4.98 Å². The number of phenolic OH excluding ortho intramolecular Hbond substituents is 1. The Morgan fingerprint density at radius 1 is 0.971 bits per heavy atom. The minimum absolute atomic E-state index is 0.00296. The van der Waals surface area contributed by atoms with Crippen LogP contribution in [0.4, 0.5) is 10.1 Å². The first-order valence-electron chi connectivity index (χ1n) is 11.2. The lowest BCUT2D eigenvalue weighted by Gasteiger charge is -2.43. The Bertz CT molecular complexity index is 1420. The van der Waals surface area contributed by atoms with Crippen molar-refractivity contribution in [3.63, 3.8) is 0 Å². The number of carbonyl (C=O) groups is 2. The Morgan fingerprint density at radius 3 is 2.41 bits per heavy atom. The topological polar surface area (TPSA) is 90.5 Å². The molecule has 7 atom stereocenters. The van der Waals surface area contributed by atoms with E-state index in [-0.39, 0.29) is 51.4 Å². The van der Waals surface area contributed by atoms with Crippen LogP contribution < -0.4 is 9.77 Å². The number of para-hydroxylation sites is 1. The number of aromatic nitrogens is 1. The maximum absolute atomic E-state index is 13.6. The number of aromatic amines is 1. The molecule has 2 aliphatic carbocycles. The van der Waals surface area contributed by atoms with Crippen molar-refractivity contribution >= 4 is 40.6 Å². The van der Waals surface area contributed by atoms with Crippen molar-refractivity contribution in [1.29, 1.82) is 0 Å². The first kappa shape index (κ1) is 20.5. The van der Waals surface area contributed by atoms with Gasteiger partial charge in [0.15, 0.2) is 0 Å². The highest BCUT2D eigenvalue weighted by Crippen LogP contribution is 2.69. The third-order valence-corrected chi connectivity index (χ3v) is 10.7. The lowest BCUT2D eigenvalue weighted by atomic mass is 9.68. The van der Waals surface area contributed by atoms with Crippen LogP contribution in [0.1, 0.15) is 22.8 Å². The second-order valence-corrected chi connectivity index (χ2v) is 11.7. The number of hydrogen-bond donors (Lipinski definition) is 2. The summed E-state index contributed by atoms with van der Waals surface area (Å²) in [6.45, 7) is 0. The molecule has 0 spiro atoms.